The molecule has 1 saturated carbocycles. The van der Waals surface area contributed by atoms with Crippen LogP contribution in [0.25, 0.3) is 0 Å². The number of carbonyl (C=O) groups is 1. The van der Waals surface area contributed by atoms with Crippen LogP contribution in [0, 0.1) is 0 Å². The molecule has 29 heavy (non-hydrogen) atoms. The Morgan fingerprint density at radius 2 is 1.62 bits per heavy atom. The van der Waals surface area contributed by atoms with E-state index in [1.165, 1.54) is 17.7 Å². The van der Waals surface area contributed by atoms with E-state index in [-0.39, 0.29) is 32.5 Å². The summed E-state index contributed by atoms with van der Waals surface area (Å²) in [5.74, 6) is 0.153. The number of nitrogens with zero attached hydrogens (tertiary/aromatic N) is 1. The van der Waals surface area contributed by atoms with Crippen LogP contribution in [0.4, 0.5) is 0 Å². The monoisotopic (exact) mass is 452 g/mol. The minimum atomic E-state index is -3.79. The van der Waals surface area contributed by atoms with Crippen molar-refractivity contribution in [3.8, 4) is 0 Å². The Morgan fingerprint density at radius 3 is 2.24 bits per heavy atom. The second kappa shape index (κ2) is 8.26. The standard InChI is InChI=1S/C21H22Cl2N2O3S/c22-18-13-19(23)20(29(27,28)24-16-6-7-16)12-17(18)21(26)25-10-8-15(9-11-25)14-4-2-1-3-5-14/h1-5,12-13,15-16,24H,6-11H2. The van der Waals surface area contributed by atoms with Crippen molar-refractivity contribution in [1.29, 1.82) is 0 Å². The van der Waals surface area contributed by atoms with Gasteiger partial charge >= 0.3 is 0 Å². The fraction of sp³-hybridized carbons (Fsp3) is 0.381. The first kappa shape index (κ1) is 20.7. The molecular formula is C21H22Cl2N2O3S. The lowest BCUT2D eigenvalue weighted by Crippen LogP contribution is -2.38. The Morgan fingerprint density at radius 1 is 0.966 bits per heavy atom. The number of halogens is 2. The third-order valence-corrected chi connectivity index (χ3v) is 7.79. The molecular weight excluding hydrogens is 431 g/mol. The van der Waals surface area contributed by atoms with Crippen LogP contribution in [0.2, 0.25) is 10.0 Å². The highest BCUT2D eigenvalue weighted by atomic mass is 35.5. The molecule has 2 aromatic carbocycles. The summed E-state index contributed by atoms with van der Waals surface area (Å²) in [6.07, 6.45) is 3.34. The number of piperidine rings is 1. The van der Waals surface area contributed by atoms with Crippen LogP contribution in [-0.2, 0) is 10.0 Å². The molecule has 0 spiro atoms. The predicted octanol–water partition coefficient (Wildman–Crippen LogP) is 4.45. The smallest absolute Gasteiger partial charge is 0.255 e. The molecule has 0 unspecified atom stereocenters. The molecule has 1 aliphatic heterocycles. The van der Waals surface area contributed by atoms with Crippen molar-refractivity contribution in [3.05, 3.63) is 63.6 Å². The lowest BCUT2D eigenvalue weighted by Gasteiger charge is -2.32. The number of hydrogen-bond donors (Lipinski definition) is 1. The maximum Gasteiger partial charge on any atom is 0.255 e. The SMILES string of the molecule is O=C(c1cc(S(=O)(=O)NC2CC2)c(Cl)cc1Cl)N1CCC(c2ccccc2)CC1. The van der Waals surface area contributed by atoms with Gasteiger partial charge in [0.25, 0.3) is 5.91 Å². The first-order chi connectivity index (χ1) is 13.8. The molecule has 4 rings (SSSR count). The first-order valence-electron chi connectivity index (χ1n) is 9.71. The molecule has 2 aromatic rings. The van der Waals surface area contributed by atoms with Gasteiger partial charge < -0.3 is 4.90 Å². The quantitative estimate of drug-likeness (QED) is 0.728. The zero-order valence-corrected chi connectivity index (χ0v) is 18.1. The molecule has 154 valence electrons. The molecule has 2 fully saturated rings. The molecule has 8 heteroatoms. The van der Waals surface area contributed by atoms with Gasteiger partial charge in [-0.1, -0.05) is 53.5 Å². The van der Waals surface area contributed by atoms with Crippen molar-refractivity contribution in [1.82, 2.24) is 9.62 Å². The van der Waals surface area contributed by atoms with Crippen LogP contribution in [0.15, 0.2) is 47.4 Å². The molecule has 1 N–H and O–H groups in total. The number of rotatable bonds is 5. The van der Waals surface area contributed by atoms with Gasteiger partial charge in [0.1, 0.15) is 4.90 Å². The maximum atomic E-state index is 13.1. The van der Waals surface area contributed by atoms with Gasteiger partial charge in [-0.3, -0.25) is 4.79 Å². The molecule has 5 nitrogen and oxygen atoms in total. The lowest BCUT2D eigenvalue weighted by molar-refractivity contribution is 0.0713. The summed E-state index contributed by atoms with van der Waals surface area (Å²) in [4.78, 5) is 14.7. The third-order valence-electron chi connectivity index (χ3n) is 5.49. The second-order valence-electron chi connectivity index (χ2n) is 7.64. The van der Waals surface area contributed by atoms with Crippen LogP contribution in [-0.4, -0.2) is 38.4 Å². The van der Waals surface area contributed by atoms with Crippen molar-refractivity contribution in [2.24, 2.45) is 0 Å². The van der Waals surface area contributed by atoms with Crippen LogP contribution in [0.3, 0.4) is 0 Å². The summed E-state index contributed by atoms with van der Waals surface area (Å²) < 4.78 is 27.8. The number of benzene rings is 2. The molecule has 1 heterocycles. The van der Waals surface area contributed by atoms with Gasteiger partial charge in [0.2, 0.25) is 10.0 Å². The van der Waals surface area contributed by atoms with Crippen molar-refractivity contribution >= 4 is 39.1 Å². The van der Waals surface area contributed by atoms with E-state index >= 15 is 0 Å². The van der Waals surface area contributed by atoms with E-state index in [2.05, 4.69) is 16.9 Å². The van der Waals surface area contributed by atoms with Gasteiger partial charge in [0, 0.05) is 19.1 Å². The fourth-order valence-corrected chi connectivity index (χ4v) is 5.85. The minimum absolute atomic E-state index is 0.0162. The molecule has 0 radical (unpaired) electrons. The van der Waals surface area contributed by atoms with Gasteiger partial charge in [0.15, 0.2) is 0 Å². The van der Waals surface area contributed by atoms with Gasteiger partial charge in [-0.25, -0.2) is 13.1 Å². The summed E-state index contributed by atoms with van der Waals surface area (Å²) in [6.45, 7) is 1.19. The zero-order valence-electron chi connectivity index (χ0n) is 15.8. The van der Waals surface area contributed by atoms with E-state index in [0.29, 0.717) is 19.0 Å². The van der Waals surface area contributed by atoms with Crippen molar-refractivity contribution in [2.45, 2.75) is 42.5 Å². The Balaban J connectivity index is 1.52. The largest absolute Gasteiger partial charge is 0.339 e. The van der Waals surface area contributed by atoms with Crippen molar-refractivity contribution in [2.75, 3.05) is 13.1 Å². The van der Waals surface area contributed by atoms with Gasteiger partial charge in [0.05, 0.1) is 15.6 Å². The van der Waals surface area contributed by atoms with Crippen molar-refractivity contribution < 1.29 is 13.2 Å². The highest BCUT2D eigenvalue weighted by Crippen LogP contribution is 2.33. The number of hydrogen-bond acceptors (Lipinski definition) is 3. The summed E-state index contributed by atoms with van der Waals surface area (Å²) >= 11 is 12.4. The van der Waals surface area contributed by atoms with Crippen LogP contribution >= 0.6 is 23.2 Å². The molecule has 1 saturated heterocycles. The van der Waals surface area contributed by atoms with E-state index in [4.69, 9.17) is 23.2 Å². The highest BCUT2D eigenvalue weighted by molar-refractivity contribution is 7.89. The lowest BCUT2D eigenvalue weighted by atomic mass is 9.89. The number of sulfonamides is 1. The fourth-order valence-electron chi connectivity index (χ4n) is 3.69. The summed E-state index contributed by atoms with van der Waals surface area (Å²) in [6, 6.07) is 12.9. The Labute approximate surface area is 181 Å². The molecule has 1 aliphatic carbocycles. The van der Waals surface area contributed by atoms with E-state index < -0.39 is 10.0 Å². The molecule has 0 atom stereocenters. The molecule has 0 aromatic heterocycles. The summed E-state index contributed by atoms with van der Waals surface area (Å²) in [5.41, 5.74) is 1.45. The second-order valence-corrected chi connectivity index (χ2v) is 10.1. The first-order valence-corrected chi connectivity index (χ1v) is 11.9. The molecule has 1 amide bonds. The van der Waals surface area contributed by atoms with E-state index in [1.807, 2.05) is 18.2 Å². The van der Waals surface area contributed by atoms with Gasteiger partial charge in [-0.05, 0) is 49.3 Å². The molecule has 0 bridgehead atoms. The number of nitrogens with one attached hydrogen (secondary N) is 1. The normalized spacial score (nSPS) is 18.1. The molecule has 2 aliphatic rings. The minimum Gasteiger partial charge on any atom is -0.339 e. The third kappa shape index (κ3) is 4.61. The van der Waals surface area contributed by atoms with E-state index in [9.17, 15) is 13.2 Å². The Hall–Kier alpha value is -1.60. The predicted molar refractivity (Wildman–Crippen MR) is 114 cm³/mol. The van der Waals surface area contributed by atoms with Crippen LogP contribution in [0.5, 0.6) is 0 Å². The maximum absolute atomic E-state index is 13.1. The number of likely N-dealkylation sites (tertiary alicyclic amines) is 1. The number of amides is 1. The summed E-state index contributed by atoms with van der Waals surface area (Å²) in [7, 11) is -3.79. The Kier molecular flexibility index (Phi) is 5.89. The van der Waals surface area contributed by atoms with Crippen LogP contribution < -0.4 is 4.72 Å². The average molecular weight is 453 g/mol. The average Bonchev–Trinajstić information content (AvgIpc) is 3.51. The van der Waals surface area contributed by atoms with Crippen LogP contribution in [0.1, 0.15) is 47.5 Å². The van der Waals surface area contributed by atoms with E-state index in [0.717, 1.165) is 25.7 Å². The van der Waals surface area contributed by atoms with Gasteiger partial charge in [-0.15, -0.1) is 0 Å². The highest BCUT2D eigenvalue weighted by Gasteiger charge is 2.31. The summed E-state index contributed by atoms with van der Waals surface area (Å²) in [5, 5.41) is 0.179. The van der Waals surface area contributed by atoms with Crippen molar-refractivity contribution in [3.63, 3.8) is 0 Å². The zero-order chi connectivity index (χ0) is 20.6. The van der Waals surface area contributed by atoms with Gasteiger partial charge in [-0.2, -0.15) is 0 Å². The Bertz CT molecular complexity index is 1020. The number of carbonyl (C=O) groups excluding carboxylic acids is 1. The topological polar surface area (TPSA) is 66.5 Å². The van der Waals surface area contributed by atoms with E-state index in [1.54, 1.807) is 4.90 Å².